The highest BCUT2D eigenvalue weighted by Gasteiger charge is 2.64. The zero-order valence-corrected chi connectivity index (χ0v) is 9.45. The van der Waals surface area contributed by atoms with Crippen molar-refractivity contribution in [1.82, 2.24) is 10.2 Å². The highest BCUT2D eigenvalue weighted by Crippen LogP contribution is 2.75. The summed E-state index contributed by atoms with van der Waals surface area (Å²) in [5, 5.41) is 9.06. The van der Waals surface area contributed by atoms with E-state index in [2.05, 4.69) is 16.3 Å². The van der Waals surface area contributed by atoms with Crippen LogP contribution in [0.5, 0.6) is 0 Å². The largest absolute Gasteiger partial charge is 0.155 e. The van der Waals surface area contributed by atoms with Crippen LogP contribution in [0.3, 0.4) is 0 Å². The van der Waals surface area contributed by atoms with Crippen molar-refractivity contribution in [2.75, 3.05) is 0 Å². The first-order chi connectivity index (χ1) is 7.88. The lowest BCUT2D eigenvalue weighted by Crippen LogP contribution is -2.05. The zero-order valence-electron chi connectivity index (χ0n) is 9.45. The monoisotopic (exact) mass is 212 g/mol. The van der Waals surface area contributed by atoms with Crippen molar-refractivity contribution in [3.63, 3.8) is 0 Å². The Morgan fingerprint density at radius 2 is 1.81 bits per heavy atom. The summed E-state index contributed by atoms with van der Waals surface area (Å²) in [6, 6.07) is 2.42. The second kappa shape index (κ2) is 2.34. The van der Waals surface area contributed by atoms with Crippen molar-refractivity contribution >= 4 is 0 Å². The molecule has 2 nitrogen and oxygen atoms in total. The molecule has 0 saturated heterocycles. The maximum Gasteiger partial charge on any atom is 0.0702 e. The molecule has 1 spiro atoms. The highest BCUT2D eigenvalue weighted by molar-refractivity contribution is 5.45. The van der Waals surface area contributed by atoms with Crippen molar-refractivity contribution in [3.05, 3.63) is 23.0 Å². The van der Waals surface area contributed by atoms with Gasteiger partial charge in [0.05, 0.1) is 11.4 Å². The Morgan fingerprint density at radius 3 is 2.56 bits per heavy atom. The molecular formula is C14H16N2. The smallest absolute Gasteiger partial charge is 0.0702 e. The second-order valence-electron chi connectivity index (χ2n) is 6.30. The number of hydrogen-bond donors (Lipinski definition) is 0. The third-order valence-electron chi connectivity index (χ3n) is 5.53. The molecule has 1 aromatic heterocycles. The molecule has 3 fully saturated rings. The Bertz CT molecular complexity index is 486. The van der Waals surface area contributed by atoms with Crippen molar-refractivity contribution in [3.8, 4) is 0 Å². The van der Waals surface area contributed by atoms with Crippen LogP contribution in [0.4, 0.5) is 0 Å². The Morgan fingerprint density at radius 1 is 1.00 bits per heavy atom. The quantitative estimate of drug-likeness (QED) is 0.714. The van der Waals surface area contributed by atoms with Crippen LogP contribution in [0.15, 0.2) is 6.07 Å². The highest BCUT2D eigenvalue weighted by atomic mass is 15.1. The average Bonchev–Trinajstić information content (AvgIpc) is 3.18. The van der Waals surface area contributed by atoms with Gasteiger partial charge in [-0.2, -0.15) is 10.2 Å². The van der Waals surface area contributed by atoms with E-state index in [9.17, 15) is 0 Å². The molecule has 5 rings (SSSR count). The Kier molecular flexibility index (Phi) is 1.20. The van der Waals surface area contributed by atoms with E-state index in [1.165, 1.54) is 49.9 Å². The summed E-state index contributed by atoms with van der Waals surface area (Å²) in [5.74, 6) is 2.40. The fourth-order valence-electron chi connectivity index (χ4n) is 4.43. The molecule has 16 heavy (non-hydrogen) atoms. The lowest BCUT2D eigenvalue weighted by atomic mass is 9.91. The summed E-state index contributed by atoms with van der Waals surface area (Å²) in [4.78, 5) is 0. The van der Waals surface area contributed by atoms with Crippen LogP contribution in [0.1, 0.15) is 73.2 Å². The van der Waals surface area contributed by atoms with E-state index in [-0.39, 0.29) is 0 Å². The van der Waals surface area contributed by atoms with Gasteiger partial charge >= 0.3 is 0 Å². The SMILES string of the molecule is c1c(C2CC2)nnc2c1[C@@H]1CC[C@H]2C12CC2. The molecule has 4 aliphatic rings. The molecule has 1 heterocycles. The topological polar surface area (TPSA) is 25.8 Å². The minimum atomic E-state index is 0.680. The first-order valence-electron chi connectivity index (χ1n) is 6.76. The van der Waals surface area contributed by atoms with Gasteiger partial charge in [-0.25, -0.2) is 0 Å². The third-order valence-corrected chi connectivity index (χ3v) is 5.53. The molecule has 82 valence electrons. The molecule has 2 heteroatoms. The second-order valence-corrected chi connectivity index (χ2v) is 6.30. The van der Waals surface area contributed by atoms with Gasteiger partial charge in [0.25, 0.3) is 0 Å². The summed E-state index contributed by atoms with van der Waals surface area (Å²) in [5.41, 5.74) is 4.96. The fraction of sp³-hybridized carbons (Fsp3) is 0.714. The van der Waals surface area contributed by atoms with Gasteiger partial charge in [-0.05, 0) is 61.5 Å². The van der Waals surface area contributed by atoms with Crippen LogP contribution < -0.4 is 0 Å². The minimum absolute atomic E-state index is 0.680. The predicted octanol–water partition coefficient (Wildman–Crippen LogP) is 3.11. The molecular weight excluding hydrogens is 196 g/mol. The van der Waals surface area contributed by atoms with Crippen molar-refractivity contribution < 1.29 is 0 Å². The van der Waals surface area contributed by atoms with Gasteiger partial charge in [-0.3, -0.25) is 0 Å². The van der Waals surface area contributed by atoms with Crippen LogP contribution in [0, 0.1) is 5.41 Å². The molecule has 2 atom stereocenters. The van der Waals surface area contributed by atoms with Gasteiger partial charge in [0, 0.05) is 11.8 Å². The summed E-state index contributed by atoms with van der Waals surface area (Å²) in [6.07, 6.45) is 8.40. The summed E-state index contributed by atoms with van der Waals surface area (Å²) in [6.45, 7) is 0. The molecule has 0 aliphatic heterocycles. The first kappa shape index (κ1) is 8.21. The number of fused-ring (bicyclic) bond motifs is 3. The van der Waals surface area contributed by atoms with Gasteiger partial charge < -0.3 is 0 Å². The third kappa shape index (κ3) is 0.792. The fourth-order valence-corrected chi connectivity index (χ4v) is 4.43. The van der Waals surface area contributed by atoms with Gasteiger partial charge in [0.2, 0.25) is 0 Å². The van der Waals surface area contributed by atoms with Crippen molar-refractivity contribution in [2.45, 2.75) is 56.3 Å². The zero-order chi connectivity index (χ0) is 10.3. The molecule has 1 aromatic rings. The standard InChI is InChI=1S/C14H16N2/c1-2-8(1)12-7-9-10-3-4-11(13(9)16-15-12)14(10)5-6-14/h7-8,10-11H,1-6H2/t10-,11+/m0/s1. The van der Waals surface area contributed by atoms with Gasteiger partial charge in [-0.15, -0.1) is 0 Å². The molecule has 0 amide bonds. The number of nitrogens with zero attached hydrogens (tertiary/aromatic N) is 2. The summed E-state index contributed by atoms with van der Waals surface area (Å²) < 4.78 is 0. The lowest BCUT2D eigenvalue weighted by molar-refractivity contribution is 0.456. The maximum atomic E-state index is 4.59. The van der Waals surface area contributed by atoms with Crippen molar-refractivity contribution in [2.24, 2.45) is 5.41 Å². The normalized spacial score (nSPS) is 36.8. The Labute approximate surface area is 95.5 Å². The van der Waals surface area contributed by atoms with E-state index in [1.54, 1.807) is 5.56 Å². The molecule has 0 radical (unpaired) electrons. The van der Waals surface area contributed by atoms with Crippen LogP contribution >= 0.6 is 0 Å². The predicted molar refractivity (Wildman–Crippen MR) is 60.4 cm³/mol. The van der Waals surface area contributed by atoms with Crippen LogP contribution in [0.25, 0.3) is 0 Å². The number of rotatable bonds is 1. The molecule has 0 unspecified atom stereocenters. The maximum absolute atomic E-state index is 4.59. The molecule has 0 aromatic carbocycles. The van der Waals surface area contributed by atoms with Gasteiger partial charge in [0.1, 0.15) is 0 Å². The van der Waals surface area contributed by atoms with E-state index in [0.29, 0.717) is 5.41 Å². The van der Waals surface area contributed by atoms with Crippen LogP contribution in [-0.2, 0) is 0 Å². The van der Waals surface area contributed by atoms with E-state index < -0.39 is 0 Å². The number of hydrogen-bond acceptors (Lipinski definition) is 2. The Hall–Kier alpha value is -0.920. The van der Waals surface area contributed by atoms with E-state index >= 15 is 0 Å². The van der Waals surface area contributed by atoms with Crippen LogP contribution in [0.2, 0.25) is 0 Å². The number of aromatic nitrogens is 2. The molecule has 0 N–H and O–H groups in total. The van der Waals surface area contributed by atoms with Crippen LogP contribution in [-0.4, -0.2) is 10.2 Å². The van der Waals surface area contributed by atoms with E-state index in [0.717, 1.165) is 17.8 Å². The minimum Gasteiger partial charge on any atom is -0.155 e. The first-order valence-corrected chi connectivity index (χ1v) is 6.76. The lowest BCUT2D eigenvalue weighted by Gasteiger charge is -2.13. The van der Waals surface area contributed by atoms with E-state index in [1.807, 2.05) is 0 Å². The Balaban J connectivity index is 1.69. The van der Waals surface area contributed by atoms with E-state index in [4.69, 9.17) is 0 Å². The molecule has 2 bridgehead atoms. The van der Waals surface area contributed by atoms with Crippen molar-refractivity contribution in [1.29, 1.82) is 0 Å². The van der Waals surface area contributed by atoms with Gasteiger partial charge in [-0.1, -0.05) is 0 Å². The average molecular weight is 212 g/mol. The molecule has 3 saturated carbocycles. The summed E-state index contributed by atoms with van der Waals surface area (Å²) in [7, 11) is 0. The summed E-state index contributed by atoms with van der Waals surface area (Å²) >= 11 is 0. The van der Waals surface area contributed by atoms with Gasteiger partial charge in [0.15, 0.2) is 0 Å². The molecule has 4 aliphatic carbocycles.